The Morgan fingerprint density at radius 2 is 2.26 bits per heavy atom. The van der Waals surface area contributed by atoms with E-state index in [0.29, 0.717) is 23.5 Å². The maximum absolute atomic E-state index is 6.00. The van der Waals surface area contributed by atoms with Crippen LogP contribution >= 0.6 is 11.6 Å². The molecule has 0 unspecified atom stereocenters. The molecule has 1 aliphatic rings. The molecule has 0 amide bonds. The zero-order chi connectivity index (χ0) is 13.2. The standard InChI is InChI=1S/C13H15ClN4O/c1-2-9-6-16-12(19-9)7-15-11-5-10(14)17-13(18-11)8-3-4-8/h5-6,8H,2-4,7H2,1H3,(H,15,17,18). The van der Waals surface area contributed by atoms with E-state index in [-0.39, 0.29) is 0 Å². The Hall–Kier alpha value is -1.62. The lowest BCUT2D eigenvalue weighted by Crippen LogP contribution is -2.04. The van der Waals surface area contributed by atoms with Crippen LogP contribution < -0.4 is 5.32 Å². The quantitative estimate of drug-likeness (QED) is 0.851. The highest BCUT2D eigenvalue weighted by Crippen LogP contribution is 2.38. The minimum atomic E-state index is 0.473. The highest BCUT2D eigenvalue weighted by molar-refractivity contribution is 6.29. The van der Waals surface area contributed by atoms with Gasteiger partial charge in [0.1, 0.15) is 22.6 Å². The van der Waals surface area contributed by atoms with Gasteiger partial charge in [-0.3, -0.25) is 0 Å². The van der Waals surface area contributed by atoms with Crippen LogP contribution in [0.5, 0.6) is 0 Å². The Balaban J connectivity index is 1.68. The summed E-state index contributed by atoms with van der Waals surface area (Å²) < 4.78 is 5.52. The molecular weight excluding hydrogens is 264 g/mol. The lowest BCUT2D eigenvalue weighted by Gasteiger charge is -2.05. The molecule has 1 fully saturated rings. The van der Waals surface area contributed by atoms with Gasteiger partial charge in [-0.2, -0.15) is 0 Å². The summed E-state index contributed by atoms with van der Waals surface area (Å²) in [5.41, 5.74) is 0. The molecule has 5 nitrogen and oxygen atoms in total. The first-order chi connectivity index (χ1) is 9.24. The fraction of sp³-hybridized carbons (Fsp3) is 0.462. The van der Waals surface area contributed by atoms with Crippen molar-refractivity contribution in [2.75, 3.05) is 5.32 Å². The zero-order valence-electron chi connectivity index (χ0n) is 10.7. The van der Waals surface area contributed by atoms with Crippen molar-refractivity contribution in [3.63, 3.8) is 0 Å². The number of anilines is 1. The molecule has 1 N–H and O–H groups in total. The molecule has 0 radical (unpaired) electrons. The molecule has 2 aromatic heterocycles. The molecular formula is C13H15ClN4O. The predicted molar refractivity (Wildman–Crippen MR) is 72.2 cm³/mol. The van der Waals surface area contributed by atoms with Crippen LogP contribution in [-0.2, 0) is 13.0 Å². The van der Waals surface area contributed by atoms with Crippen molar-refractivity contribution < 1.29 is 4.42 Å². The number of halogens is 1. The monoisotopic (exact) mass is 278 g/mol. The van der Waals surface area contributed by atoms with Gasteiger partial charge in [-0.1, -0.05) is 18.5 Å². The first-order valence-electron chi connectivity index (χ1n) is 6.46. The Labute approximate surface area is 116 Å². The molecule has 3 rings (SSSR count). The molecule has 0 bridgehead atoms. The van der Waals surface area contributed by atoms with Gasteiger partial charge in [0, 0.05) is 18.4 Å². The summed E-state index contributed by atoms with van der Waals surface area (Å²) in [4.78, 5) is 12.9. The van der Waals surface area contributed by atoms with Crippen molar-refractivity contribution in [3.05, 3.63) is 34.9 Å². The molecule has 0 saturated heterocycles. The molecule has 19 heavy (non-hydrogen) atoms. The van der Waals surface area contributed by atoms with Gasteiger partial charge >= 0.3 is 0 Å². The second kappa shape index (κ2) is 5.17. The Morgan fingerprint density at radius 1 is 1.42 bits per heavy atom. The van der Waals surface area contributed by atoms with Gasteiger partial charge in [0.2, 0.25) is 5.89 Å². The normalized spacial score (nSPS) is 14.6. The van der Waals surface area contributed by atoms with Gasteiger partial charge in [-0.05, 0) is 12.8 Å². The van der Waals surface area contributed by atoms with Crippen molar-refractivity contribution in [1.29, 1.82) is 0 Å². The van der Waals surface area contributed by atoms with E-state index in [4.69, 9.17) is 16.0 Å². The van der Waals surface area contributed by atoms with Gasteiger partial charge < -0.3 is 9.73 Å². The molecule has 1 aliphatic carbocycles. The van der Waals surface area contributed by atoms with E-state index >= 15 is 0 Å². The number of nitrogens with one attached hydrogen (secondary N) is 1. The average molecular weight is 279 g/mol. The maximum Gasteiger partial charge on any atom is 0.213 e. The summed E-state index contributed by atoms with van der Waals surface area (Å²) in [5.74, 6) is 3.57. The summed E-state index contributed by atoms with van der Waals surface area (Å²) in [7, 11) is 0. The van der Waals surface area contributed by atoms with Crippen LogP contribution in [0.25, 0.3) is 0 Å². The van der Waals surface area contributed by atoms with Crippen LogP contribution in [0.15, 0.2) is 16.7 Å². The SMILES string of the molecule is CCc1cnc(CNc2cc(Cl)nc(C3CC3)n2)o1. The smallest absolute Gasteiger partial charge is 0.213 e. The molecule has 0 spiro atoms. The fourth-order valence-corrected chi connectivity index (χ4v) is 2.00. The summed E-state index contributed by atoms with van der Waals surface area (Å²) >= 11 is 6.00. The van der Waals surface area contributed by atoms with Crippen molar-refractivity contribution in [2.24, 2.45) is 0 Å². The second-order valence-corrected chi connectivity index (χ2v) is 5.02. The third-order valence-corrected chi connectivity index (χ3v) is 3.22. The summed E-state index contributed by atoms with van der Waals surface area (Å²) in [6.07, 6.45) is 4.90. The van der Waals surface area contributed by atoms with Crippen molar-refractivity contribution in [2.45, 2.75) is 38.6 Å². The summed E-state index contributed by atoms with van der Waals surface area (Å²) in [6, 6.07) is 1.72. The van der Waals surface area contributed by atoms with Crippen LogP contribution in [0, 0.1) is 0 Å². The summed E-state index contributed by atoms with van der Waals surface area (Å²) in [6.45, 7) is 2.53. The number of oxazole rings is 1. The lowest BCUT2D eigenvalue weighted by atomic mass is 10.4. The molecule has 0 aromatic carbocycles. The van der Waals surface area contributed by atoms with E-state index in [2.05, 4.69) is 20.3 Å². The van der Waals surface area contributed by atoms with Gasteiger partial charge in [0.25, 0.3) is 0 Å². The third-order valence-electron chi connectivity index (χ3n) is 3.03. The van der Waals surface area contributed by atoms with Gasteiger partial charge in [0.15, 0.2) is 0 Å². The number of hydrogen-bond donors (Lipinski definition) is 1. The predicted octanol–water partition coefficient (Wildman–Crippen LogP) is 3.17. The minimum Gasteiger partial charge on any atom is -0.444 e. The largest absolute Gasteiger partial charge is 0.444 e. The molecule has 100 valence electrons. The Morgan fingerprint density at radius 3 is 2.95 bits per heavy atom. The van der Waals surface area contributed by atoms with E-state index in [0.717, 1.165) is 36.7 Å². The van der Waals surface area contributed by atoms with E-state index < -0.39 is 0 Å². The zero-order valence-corrected chi connectivity index (χ0v) is 11.4. The number of aromatic nitrogens is 3. The van der Waals surface area contributed by atoms with Gasteiger partial charge in [-0.25, -0.2) is 15.0 Å². The molecule has 0 atom stereocenters. The Bertz CT molecular complexity index is 580. The number of hydrogen-bond acceptors (Lipinski definition) is 5. The number of rotatable bonds is 5. The molecule has 2 heterocycles. The van der Waals surface area contributed by atoms with Crippen molar-refractivity contribution in [3.8, 4) is 0 Å². The first-order valence-corrected chi connectivity index (χ1v) is 6.84. The highest BCUT2D eigenvalue weighted by Gasteiger charge is 2.27. The number of nitrogens with zero attached hydrogens (tertiary/aromatic N) is 3. The maximum atomic E-state index is 6.00. The van der Waals surface area contributed by atoms with E-state index in [1.807, 2.05) is 6.92 Å². The molecule has 2 aromatic rings. The second-order valence-electron chi connectivity index (χ2n) is 4.64. The van der Waals surface area contributed by atoms with Crippen LogP contribution in [0.2, 0.25) is 5.15 Å². The van der Waals surface area contributed by atoms with Crippen molar-refractivity contribution in [1.82, 2.24) is 15.0 Å². The van der Waals surface area contributed by atoms with Crippen LogP contribution in [0.1, 0.15) is 43.2 Å². The van der Waals surface area contributed by atoms with E-state index in [9.17, 15) is 0 Å². The molecule has 0 aliphatic heterocycles. The molecule has 1 saturated carbocycles. The Kier molecular flexibility index (Phi) is 3.38. The highest BCUT2D eigenvalue weighted by atomic mass is 35.5. The first kappa shape index (κ1) is 12.4. The van der Waals surface area contributed by atoms with E-state index in [1.54, 1.807) is 12.3 Å². The van der Waals surface area contributed by atoms with Gasteiger partial charge in [0.05, 0.1) is 12.7 Å². The van der Waals surface area contributed by atoms with Crippen molar-refractivity contribution >= 4 is 17.4 Å². The van der Waals surface area contributed by atoms with Gasteiger partial charge in [-0.15, -0.1) is 0 Å². The third kappa shape index (κ3) is 3.04. The fourth-order valence-electron chi connectivity index (χ4n) is 1.81. The lowest BCUT2D eigenvalue weighted by molar-refractivity contribution is 0.465. The van der Waals surface area contributed by atoms with Crippen LogP contribution in [-0.4, -0.2) is 15.0 Å². The van der Waals surface area contributed by atoms with E-state index in [1.165, 1.54) is 0 Å². The van der Waals surface area contributed by atoms with Crippen LogP contribution in [0.3, 0.4) is 0 Å². The topological polar surface area (TPSA) is 63.8 Å². The summed E-state index contributed by atoms with van der Waals surface area (Å²) in [5, 5.41) is 3.64. The minimum absolute atomic E-state index is 0.473. The number of aryl methyl sites for hydroxylation is 1. The average Bonchev–Trinajstić information content (AvgIpc) is 3.15. The van der Waals surface area contributed by atoms with Crippen LogP contribution in [0.4, 0.5) is 5.82 Å². The molecule has 6 heteroatoms.